The van der Waals surface area contributed by atoms with Gasteiger partial charge in [-0.2, -0.15) is 0 Å². The van der Waals surface area contributed by atoms with Gasteiger partial charge in [0.25, 0.3) is 0 Å². The summed E-state index contributed by atoms with van der Waals surface area (Å²) in [6.07, 6.45) is 1.44. The lowest BCUT2D eigenvalue weighted by Crippen LogP contribution is -2.28. The lowest BCUT2D eigenvalue weighted by atomic mass is 9.80. The van der Waals surface area contributed by atoms with E-state index in [1.807, 2.05) is 72.8 Å². The highest BCUT2D eigenvalue weighted by molar-refractivity contribution is 5.72. The highest BCUT2D eigenvalue weighted by atomic mass is 20.0. The molecule has 0 aliphatic carbocycles. The summed E-state index contributed by atoms with van der Waals surface area (Å²) in [6, 6.07) is 39.7. The van der Waals surface area contributed by atoms with E-state index in [0.29, 0.717) is 85.8 Å². The Balaban J connectivity index is 0. The highest BCUT2D eigenvalue weighted by Crippen LogP contribution is 2.38. The normalized spacial score (nSPS) is 9.37. The van der Waals surface area contributed by atoms with Gasteiger partial charge in [0.2, 0.25) is 0 Å². The molecule has 5 rings (SSSR count). The minimum absolute atomic E-state index is 0.227. The SMILES string of the molecule is CF.CF.COc1ccc(C(O)(c2ccc(OCCCC(=O)Oc3ccccc3)cc2)c2ccc(OCCCC(=O)Oc3ccccc3)cc2)cc1.FF.FF.FF.FF. The Morgan fingerprint density at radius 1 is 0.450 bits per heavy atom. The number of hydrogen-bond acceptors (Lipinski definition) is 8. The molecule has 0 unspecified atom stereocenters. The van der Waals surface area contributed by atoms with Gasteiger partial charge >= 0.3 is 11.9 Å². The first kappa shape index (κ1) is 55.8. The van der Waals surface area contributed by atoms with E-state index in [-0.39, 0.29) is 24.8 Å². The Morgan fingerprint density at radius 2 is 0.733 bits per heavy atom. The van der Waals surface area contributed by atoms with E-state index in [1.165, 1.54) is 0 Å². The van der Waals surface area contributed by atoms with E-state index >= 15 is 0 Å². The molecular weight excluding hydrogens is 822 g/mol. The fourth-order valence-electron chi connectivity index (χ4n) is 5.07. The topological polar surface area (TPSA) is 101 Å². The van der Waals surface area contributed by atoms with Crippen LogP contribution in [-0.4, -0.2) is 51.7 Å². The third-order valence-corrected chi connectivity index (χ3v) is 7.59. The molecule has 0 spiro atoms. The number of benzene rings is 5. The van der Waals surface area contributed by atoms with Crippen molar-refractivity contribution >= 4 is 11.9 Å². The third kappa shape index (κ3) is 19.9. The van der Waals surface area contributed by atoms with Crippen LogP contribution < -0.4 is 23.7 Å². The number of carbonyl (C=O) groups excluding carboxylic acids is 2. The summed E-state index contributed by atoms with van der Waals surface area (Å²) in [5.41, 5.74) is 0.430. The van der Waals surface area contributed by atoms with Crippen molar-refractivity contribution in [2.45, 2.75) is 31.3 Å². The van der Waals surface area contributed by atoms with Crippen molar-refractivity contribution in [2.75, 3.05) is 34.7 Å². The third-order valence-electron chi connectivity index (χ3n) is 7.59. The number of methoxy groups -OCH3 is 1. The van der Waals surface area contributed by atoms with Crippen LogP contribution >= 0.6 is 0 Å². The number of alkyl halides is 2. The number of rotatable bonds is 16. The average Bonchev–Trinajstić information content (AvgIpc) is 3.34. The second kappa shape index (κ2) is 35.8. The molecule has 8 nitrogen and oxygen atoms in total. The standard InChI is InChI=1S/C40H38O8.2CH3F.4F2/c1-44-33-22-16-30(17-23-33)40(43,31-18-24-34(25-19-31)45-28-8-14-38(41)47-36-10-4-2-5-11-36)32-20-26-35(27-21-32)46-29-9-15-39(42)48-37-12-6-3-7-13-37;6*1-2/h2-7,10-13,16-27,43H,8-9,14-15,28-29H2,1H3;2*1H3;;;;. The quantitative estimate of drug-likeness (QED) is 0.0344. The largest absolute Gasteiger partial charge is 0.497 e. The number of hydrogen-bond donors (Lipinski definition) is 1. The van der Waals surface area contributed by atoms with Crippen molar-refractivity contribution in [3.63, 3.8) is 0 Å². The van der Waals surface area contributed by atoms with Crippen LogP contribution in [0.5, 0.6) is 28.7 Å². The minimum Gasteiger partial charge on any atom is -0.497 e. The second-order valence-electron chi connectivity index (χ2n) is 11.0. The van der Waals surface area contributed by atoms with E-state index in [4.69, 9.17) is 60.3 Å². The van der Waals surface area contributed by atoms with Gasteiger partial charge in [-0.15, -0.1) is 0 Å². The summed E-state index contributed by atoms with van der Waals surface area (Å²) in [5.74, 6) is 2.31. The van der Waals surface area contributed by atoms with Gasteiger partial charge in [0.05, 0.1) is 34.7 Å². The predicted molar refractivity (Wildman–Crippen MR) is 205 cm³/mol. The summed E-state index contributed by atoms with van der Waals surface area (Å²) < 4.78 is 111. The zero-order valence-electron chi connectivity index (χ0n) is 32.5. The lowest BCUT2D eigenvalue weighted by Gasteiger charge is -2.30. The van der Waals surface area contributed by atoms with Crippen molar-refractivity contribution < 1.29 is 83.8 Å². The zero-order chi connectivity index (χ0) is 45.6. The molecule has 0 fully saturated rings. The number of ether oxygens (including phenoxy) is 5. The molecule has 0 aromatic heterocycles. The number of esters is 2. The zero-order valence-corrected chi connectivity index (χ0v) is 32.5. The van der Waals surface area contributed by atoms with E-state index in [9.17, 15) is 23.5 Å². The van der Waals surface area contributed by atoms with Crippen LogP contribution in [0.25, 0.3) is 0 Å². The number of para-hydroxylation sites is 2. The van der Waals surface area contributed by atoms with E-state index < -0.39 is 5.60 Å². The molecule has 0 atom stereocenters. The summed E-state index contributed by atoms with van der Waals surface area (Å²) in [6.45, 7) is 0.670. The lowest BCUT2D eigenvalue weighted by molar-refractivity contribution is -0.135. The molecule has 5 aromatic rings. The molecule has 0 amide bonds. The Hall–Kier alpha value is -6.30. The van der Waals surface area contributed by atoms with Gasteiger partial charge in [0, 0.05) is 49.4 Å². The highest BCUT2D eigenvalue weighted by Gasteiger charge is 2.34. The van der Waals surface area contributed by atoms with Crippen LogP contribution in [0.1, 0.15) is 42.4 Å². The summed E-state index contributed by atoms with van der Waals surface area (Å²) >= 11 is 0. The Morgan fingerprint density at radius 3 is 1.02 bits per heavy atom. The van der Waals surface area contributed by atoms with Gasteiger partial charge in [-0.25, -0.2) is 0 Å². The fourth-order valence-corrected chi connectivity index (χ4v) is 5.07. The van der Waals surface area contributed by atoms with Crippen molar-refractivity contribution in [3.05, 3.63) is 150 Å². The average molecular weight is 867 g/mol. The van der Waals surface area contributed by atoms with Crippen LogP contribution in [0.15, 0.2) is 133 Å². The maximum atomic E-state index is 12.3. The molecule has 0 saturated heterocycles. The van der Waals surface area contributed by atoms with Crippen molar-refractivity contribution in [3.8, 4) is 28.7 Å². The van der Waals surface area contributed by atoms with Gasteiger partial charge in [-0.1, -0.05) is 72.8 Å². The van der Waals surface area contributed by atoms with Crippen LogP contribution in [0.2, 0.25) is 0 Å². The Bertz CT molecular complexity index is 1650. The first-order chi connectivity index (χ1) is 29.4. The molecule has 0 bridgehead atoms. The van der Waals surface area contributed by atoms with Crippen molar-refractivity contribution in [1.29, 1.82) is 0 Å². The number of aliphatic hydroxyl groups is 1. The predicted octanol–water partition coefficient (Wildman–Crippen LogP) is 12.0. The maximum Gasteiger partial charge on any atom is 0.311 e. The van der Waals surface area contributed by atoms with Crippen LogP contribution in [0, 0.1) is 0 Å². The molecule has 18 heteroatoms. The van der Waals surface area contributed by atoms with Gasteiger partial charge in [0.15, 0.2) is 0 Å². The molecule has 0 heterocycles. The van der Waals surface area contributed by atoms with E-state index in [0.717, 1.165) is 0 Å². The monoisotopic (exact) mass is 866 g/mol. The molecule has 0 aliphatic rings. The maximum absolute atomic E-state index is 12.3. The van der Waals surface area contributed by atoms with Crippen molar-refractivity contribution in [1.82, 2.24) is 0 Å². The minimum atomic E-state index is -1.49. The summed E-state index contributed by atoms with van der Waals surface area (Å²) in [4.78, 5) is 24.2. The molecule has 0 saturated carbocycles. The second-order valence-corrected chi connectivity index (χ2v) is 11.0. The van der Waals surface area contributed by atoms with Crippen LogP contribution in [-0.2, 0) is 15.2 Å². The summed E-state index contributed by atoms with van der Waals surface area (Å²) in [7, 11) is 2.59. The fraction of sp³-hybridized carbons (Fsp3) is 0.238. The van der Waals surface area contributed by atoms with Crippen LogP contribution in [0.4, 0.5) is 45.4 Å². The Labute approximate surface area is 340 Å². The van der Waals surface area contributed by atoms with Gasteiger partial charge < -0.3 is 28.8 Å². The molecule has 60 heavy (non-hydrogen) atoms. The van der Waals surface area contributed by atoms with E-state index in [2.05, 4.69) is 0 Å². The van der Waals surface area contributed by atoms with E-state index in [1.54, 1.807) is 67.8 Å². The molecule has 5 aromatic carbocycles. The Kier molecular flexibility index (Phi) is 33.3. The first-order valence-corrected chi connectivity index (χ1v) is 17.1. The molecule has 0 radical (unpaired) electrons. The summed E-state index contributed by atoms with van der Waals surface area (Å²) in [5, 5.41) is 12.3. The first-order valence-electron chi connectivity index (χ1n) is 17.1. The molecule has 1 N–H and O–H groups in total. The number of carbonyl (C=O) groups is 2. The number of halogens is 10. The molecule has 330 valence electrons. The molecular formula is C42H44F10O8. The van der Waals surface area contributed by atoms with Gasteiger partial charge in [0.1, 0.15) is 34.3 Å². The smallest absolute Gasteiger partial charge is 0.311 e. The van der Waals surface area contributed by atoms with Crippen LogP contribution in [0.3, 0.4) is 0 Å². The molecule has 0 aliphatic heterocycles. The van der Waals surface area contributed by atoms with Gasteiger partial charge in [-0.05, 0) is 90.2 Å². The van der Waals surface area contributed by atoms with Gasteiger partial charge in [-0.3, -0.25) is 18.4 Å². The van der Waals surface area contributed by atoms with Crippen molar-refractivity contribution in [2.24, 2.45) is 0 Å².